The van der Waals surface area contributed by atoms with Crippen LogP contribution in [0.1, 0.15) is 20.3 Å². The molecule has 1 fully saturated rings. The first-order chi connectivity index (χ1) is 6.11. The Kier molecular flexibility index (Phi) is 3.69. The molecule has 0 spiro atoms. The lowest BCUT2D eigenvalue weighted by molar-refractivity contribution is -0.142. The SMILES string of the molecule is CC(NC1CCOC1)C(C)C(=O)O. The molecule has 1 rings (SSSR count). The van der Waals surface area contributed by atoms with Gasteiger partial charge in [0, 0.05) is 18.7 Å². The first kappa shape index (κ1) is 10.5. The van der Waals surface area contributed by atoms with E-state index in [0.29, 0.717) is 12.6 Å². The minimum Gasteiger partial charge on any atom is -0.481 e. The average molecular weight is 187 g/mol. The van der Waals surface area contributed by atoms with Crippen molar-refractivity contribution in [2.24, 2.45) is 5.92 Å². The van der Waals surface area contributed by atoms with Gasteiger partial charge in [-0.05, 0) is 13.3 Å². The second kappa shape index (κ2) is 4.58. The summed E-state index contributed by atoms with van der Waals surface area (Å²) in [5.74, 6) is -1.10. The first-order valence-corrected chi connectivity index (χ1v) is 4.68. The molecule has 13 heavy (non-hydrogen) atoms. The average Bonchev–Trinajstić information content (AvgIpc) is 2.55. The van der Waals surface area contributed by atoms with Crippen molar-refractivity contribution in [3.8, 4) is 0 Å². The summed E-state index contributed by atoms with van der Waals surface area (Å²) in [6.07, 6.45) is 0.983. The Morgan fingerprint density at radius 3 is 2.77 bits per heavy atom. The van der Waals surface area contributed by atoms with E-state index in [9.17, 15) is 4.79 Å². The lowest BCUT2D eigenvalue weighted by Gasteiger charge is -2.21. The highest BCUT2D eigenvalue weighted by atomic mass is 16.5. The monoisotopic (exact) mass is 187 g/mol. The maximum atomic E-state index is 10.6. The third kappa shape index (κ3) is 2.97. The van der Waals surface area contributed by atoms with Crippen molar-refractivity contribution in [3.05, 3.63) is 0 Å². The van der Waals surface area contributed by atoms with Gasteiger partial charge in [-0.3, -0.25) is 4.79 Å². The Morgan fingerprint density at radius 1 is 1.62 bits per heavy atom. The van der Waals surface area contributed by atoms with Gasteiger partial charge in [0.25, 0.3) is 0 Å². The van der Waals surface area contributed by atoms with E-state index in [4.69, 9.17) is 9.84 Å². The predicted octanol–water partition coefficient (Wildman–Crippen LogP) is 0.474. The standard InChI is InChI=1S/C9H17NO3/c1-6(9(11)12)7(2)10-8-3-4-13-5-8/h6-8,10H,3-5H2,1-2H3,(H,11,12). The van der Waals surface area contributed by atoms with E-state index in [1.54, 1.807) is 6.92 Å². The van der Waals surface area contributed by atoms with Gasteiger partial charge in [-0.25, -0.2) is 0 Å². The fourth-order valence-electron chi connectivity index (χ4n) is 1.40. The summed E-state index contributed by atoms with van der Waals surface area (Å²) >= 11 is 0. The Labute approximate surface area is 78.3 Å². The number of carbonyl (C=O) groups is 1. The van der Waals surface area contributed by atoms with Crippen molar-refractivity contribution in [1.29, 1.82) is 0 Å². The number of aliphatic carboxylic acids is 1. The van der Waals surface area contributed by atoms with E-state index < -0.39 is 5.97 Å². The van der Waals surface area contributed by atoms with Crippen LogP contribution < -0.4 is 5.32 Å². The van der Waals surface area contributed by atoms with Gasteiger partial charge in [0.1, 0.15) is 0 Å². The number of nitrogens with one attached hydrogen (secondary N) is 1. The second-order valence-electron chi connectivity index (χ2n) is 3.64. The molecule has 0 aromatic rings. The number of hydrogen-bond acceptors (Lipinski definition) is 3. The Bertz CT molecular complexity index is 178. The highest BCUT2D eigenvalue weighted by Crippen LogP contribution is 2.08. The molecule has 0 aliphatic carbocycles. The number of carboxylic acids is 1. The minimum atomic E-state index is -0.751. The van der Waals surface area contributed by atoms with Crippen LogP contribution in [0.4, 0.5) is 0 Å². The summed E-state index contributed by atoms with van der Waals surface area (Å²) in [6.45, 7) is 5.11. The summed E-state index contributed by atoms with van der Waals surface area (Å²) < 4.78 is 5.19. The zero-order valence-corrected chi connectivity index (χ0v) is 8.12. The van der Waals surface area contributed by atoms with Gasteiger partial charge in [0.15, 0.2) is 0 Å². The van der Waals surface area contributed by atoms with Gasteiger partial charge >= 0.3 is 5.97 Å². The summed E-state index contributed by atoms with van der Waals surface area (Å²) in [5, 5.41) is 12.0. The molecule has 0 aromatic carbocycles. The van der Waals surface area contributed by atoms with Crippen LogP contribution >= 0.6 is 0 Å². The van der Waals surface area contributed by atoms with E-state index in [1.807, 2.05) is 6.92 Å². The highest BCUT2D eigenvalue weighted by Gasteiger charge is 2.23. The van der Waals surface area contributed by atoms with Crippen LogP contribution in [0, 0.1) is 5.92 Å². The van der Waals surface area contributed by atoms with Crippen LogP contribution in [-0.2, 0) is 9.53 Å². The number of carboxylic acid groups (broad SMARTS) is 1. The topological polar surface area (TPSA) is 58.6 Å². The lowest BCUT2D eigenvalue weighted by atomic mass is 10.0. The fourth-order valence-corrected chi connectivity index (χ4v) is 1.40. The van der Waals surface area contributed by atoms with Gasteiger partial charge in [0.05, 0.1) is 12.5 Å². The molecule has 0 saturated carbocycles. The van der Waals surface area contributed by atoms with Crippen molar-refractivity contribution in [2.45, 2.75) is 32.4 Å². The Morgan fingerprint density at radius 2 is 2.31 bits per heavy atom. The number of ether oxygens (including phenoxy) is 1. The molecule has 0 amide bonds. The van der Waals surface area contributed by atoms with Crippen molar-refractivity contribution < 1.29 is 14.6 Å². The molecule has 76 valence electrons. The molecule has 4 nitrogen and oxygen atoms in total. The van der Waals surface area contributed by atoms with Crippen LogP contribution in [0.2, 0.25) is 0 Å². The quantitative estimate of drug-likeness (QED) is 0.672. The first-order valence-electron chi connectivity index (χ1n) is 4.68. The van der Waals surface area contributed by atoms with Crippen LogP contribution in [0.25, 0.3) is 0 Å². The second-order valence-corrected chi connectivity index (χ2v) is 3.64. The van der Waals surface area contributed by atoms with E-state index in [0.717, 1.165) is 13.0 Å². The minimum absolute atomic E-state index is 0.00389. The zero-order valence-electron chi connectivity index (χ0n) is 8.12. The van der Waals surface area contributed by atoms with Crippen molar-refractivity contribution >= 4 is 5.97 Å². The molecule has 2 N–H and O–H groups in total. The van der Waals surface area contributed by atoms with Gasteiger partial charge in [-0.15, -0.1) is 0 Å². The van der Waals surface area contributed by atoms with Gasteiger partial charge in [0.2, 0.25) is 0 Å². The molecule has 1 saturated heterocycles. The lowest BCUT2D eigenvalue weighted by Crippen LogP contribution is -2.42. The zero-order chi connectivity index (χ0) is 9.84. The molecule has 4 heteroatoms. The number of hydrogen-bond donors (Lipinski definition) is 2. The van der Waals surface area contributed by atoms with Gasteiger partial charge in [-0.2, -0.15) is 0 Å². The Hall–Kier alpha value is -0.610. The summed E-state index contributed by atoms with van der Waals surface area (Å²) in [5.41, 5.74) is 0. The third-order valence-electron chi connectivity index (χ3n) is 2.57. The number of rotatable bonds is 4. The molecule has 1 aliphatic heterocycles. The largest absolute Gasteiger partial charge is 0.481 e. The van der Waals surface area contributed by atoms with Crippen molar-refractivity contribution in [1.82, 2.24) is 5.32 Å². The molecule has 0 radical (unpaired) electrons. The Balaban J connectivity index is 2.30. The molecule has 1 heterocycles. The molecule has 0 aromatic heterocycles. The summed E-state index contributed by atoms with van der Waals surface area (Å²) in [4.78, 5) is 10.6. The fraction of sp³-hybridized carbons (Fsp3) is 0.889. The molecular weight excluding hydrogens is 170 g/mol. The molecular formula is C9H17NO3. The van der Waals surface area contributed by atoms with Crippen LogP contribution in [0.5, 0.6) is 0 Å². The predicted molar refractivity (Wildman–Crippen MR) is 48.6 cm³/mol. The summed E-state index contributed by atoms with van der Waals surface area (Å²) in [7, 11) is 0. The van der Waals surface area contributed by atoms with Crippen molar-refractivity contribution in [2.75, 3.05) is 13.2 Å². The molecule has 3 atom stereocenters. The van der Waals surface area contributed by atoms with Crippen LogP contribution in [0.3, 0.4) is 0 Å². The normalized spacial score (nSPS) is 27.1. The molecule has 0 bridgehead atoms. The van der Waals surface area contributed by atoms with E-state index in [1.165, 1.54) is 0 Å². The van der Waals surface area contributed by atoms with E-state index in [-0.39, 0.29) is 12.0 Å². The van der Waals surface area contributed by atoms with Gasteiger partial charge in [-0.1, -0.05) is 6.92 Å². The maximum absolute atomic E-state index is 10.6. The van der Waals surface area contributed by atoms with Crippen LogP contribution in [0.15, 0.2) is 0 Å². The molecule has 1 aliphatic rings. The van der Waals surface area contributed by atoms with E-state index in [2.05, 4.69) is 5.32 Å². The van der Waals surface area contributed by atoms with Crippen LogP contribution in [-0.4, -0.2) is 36.4 Å². The molecule has 3 unspecified atom stereocenters. The highest BCUT2D eigenvalue weighted by molar-refractivity contribution is 5.70. The summed E-state index contributed by atoms with van der Waals surface area (Å²) in [6, 6.07) is 0.334. The van der Waals surface area contributed by atoms with Gasteiger partial charge < -0.3 is 15.2 Å². The maximum Gasteiger partial charge on any atom is 0.307 e. The van der Waals surface area contributed by atoms with E-state index >= 15 is 0 Å². The van der Waals surface area contributed by atoms with Crippen molar-refractivity contribution in [3.63, 3.8) is 0 Å². The smallest absolute Gasteiger partial charge is 0.307 e. The third-order valence-corrected chi connectivity index (χ3v) is 2.57.